The predicted octanol–water partition coefficient (Wildman–Crippen LogP) is 4.95. The highest BCUT2D eigenvalue weighted by molar-refractivity contribution is 9.11. The summed E-state index contributed by atoms with van der Waals surface area (Å²) in [7, 11) is 3.30. The molecule has 1 aromatic rings. The molecule has 1 atom stereocenters. The second kappa shape index (κ2) is 6.64. The van der Waals surface area contributed by atoms with Crippen molar-refractivity contribution >= 4 is 31.9 Å². The van der Waals surface area contributed by atoms with E-state index in [1.54, 1.807) is 14.2 Å². The first kappa shape index (κ1) is 14.8. The maximum Gasteiger partial charge on any atom is 0.161 e. The Morgan fingerprint density at radius 1 is 1.12 bits per heavy atom. The lowest BCUT2D eigenvalue weighted by molar-refractivity contribution is 0.354. The first-order valence-corrected chi connectivity index (χ1v) is 7.26. The summed E-state index contributed by atoms with van der Waals surface area (Å²) >= 11 is 7.30. The van der Waals surface area contributed by atoms with E-state index in [0.29, 0.717) is 10.7 Å². The first-order valence-electron chi connectivity index (χ1n) is 5.55. The molecule has 1 unspecified atom stereocenters. The van der Waals surface area contributed by atoms with E-state index < -0.39 is 0 Å². The number of benzene rings is 1. The van der Waals surface area contributed by atoms with Crippen LogP contribution in [-0.4, -0.2) is 14.2 Å². The molecular weight excluding hydrogens is 348 g/mol. The Morgan fingerprint density at radius 2 is 1.65 bits per heavy atom. The molecule has 0 aliphatic carbocycles. The van der Waals surface area contributed by atoms with Gasteiger partial charge in [-0.25, -0.2) is 0 Å². The monoisotopic (exact) mass is 364 g/mol. The fraction of sp³-hybridized carbons (Fsp3) is 0.538. The molecule has 0 amide bonds. The molecule has 0 radical (unpaired) electrons. The Balaban J connectivity index is 3.07. The highest BCUT2D eigenvalue weighted by Gasteiger charge is 2.16. The van der Waals surface area contributed by atoms with Gasteiger partial charge in [0.15, 0.2) is 11.5 Å². The molecule has 0 aliphatic rings. The van der Waals surface area contributed by atoms with Crippen molar-refractivity contribution < 1.29 is 9.47 Å². The summed E-state index contributed by atoms with van der Waals surface area (Å²) in [5, 5.41) is 0. The summed E-state index contributed by atoms with van der Waals surface area (Å²) in [5.74, 6) is 2.14. The van der Waals surface area contributed by atoms with Crippen LogP contribution in [-0.2, 0) is 0 Å². The minimum absolute atomic E-state index is 0.316. The van der Waals surface area contributed by atoms with E-state index >= 15 is 0 Å². The summed E-state index contributed by atoms with van der Waals surface area (Å²) in [6.07, 6.45) is 1.08. The van der Waals surface area contributed by atoms with E-state index in [0.717, 1.165) is 22.4 Å². The van der Waals surface area contributed by atoms with E-state index in [1.165, 1.54) is 5.56 Å². The van der Waals surface area contributed by atoms with E-state index in [2.05, 4.69) is 45.7 Å². The van der Waals surface area contributed by atoms with Gasteiger partial charge in [-0.2, -0.15) is 0 Å². The molecule has 0 fully saturated rings. The summed E-state index contributed by atoms with van der Waals surface area (Å²) in [6, 6.07) is 3.97. The van der Waals surface area contributed by atoms with Gasteiger partial charge in [0.1, 0.15) is 0 Å². The van der Waals surface area contributed by atoms with Crippen LogP contribution in [0.25, 0.3) is 0 Å². The Labute approximate surface area is 120 Å². The smallest absolute Gasteiger partial charge is 0.161 e. The zero-order valence-electron chi connectivity index (χ0n) is 10.6. The zero-order chi connectivity index (χ0) is 13.0. The average molecular weight is 366 g/mol. The summed E-state index contributed by atoms with van der Waals surface area (Å²) in [6.45, 7) is 4.42. The third-order valence-electron chi connectivity index (χ3n) is 2.52. The van der Waals surface area contributed by atoms with Gasteiger partial charge in [0.05, 0.1) is 14.2 Å². The van der Waals surface area contributed by atoms with Gasteiger partial charge >= 0.3 is 0 Å². The highest BCUT2D eigenvalue weighted by atomic mass is 79.9. The quantitative estimate of drug-likeness (QED) is 0.687. The second-order valence-electron chi connectivity index (χ2n) is 4.33. The minimum Gasteiger partial charge on any atom is -0.493 e. The lowest BCUT2D eigenvalue weighted by Gasteiger charge is -2.17. The van der Waals surface area contributed by atoms with Crippen LogP contribution in [0.1, 0.15) is 30.7 Å². The van der Waals surface area contributed by atoms with E-state index in [9.17, 15) is 0 Å². The van der Waals surface area contributed by atoms with Gasteiger partial charge in [0.2, 0.25) is 0 Å². The predicted molar refractivity (Wildman–Crippen MR) is 78.4 cm³/mol. The molecule has 1 aromatic carbocycles. The molecule has 4 heteroatoms. The molecular formula is C13H18Br2O2. The molecule has 17 heavy (non-hydrogen) atoms. The highest BCUT2D eigenvalue weighted by Crippen LogP contribution is 2.40. The van der Waals surface area contributed by atoms with Crippen LogP contribution in [0.4, 0.5) is 0 Å². The SMILES string of the molecule is COc1cc(Br)c(C(Br)CC(C)C)cc1OC. The van der Waals surface area contributed by atoms with Crippen LogP contribution in [0.15, 0.2) is 16.6 Å². The van der Waals surface area contributed by atoms with Crippen molar-refractivity contribution in [2.24, 2.45) is 5.92 Å². The van der Waals surface area contributed by atoms with Crippen LogP contribution in [0, 0.1) is 5.92 Å². The number of ether oxygens (including phenoxy) is 2. The van der Waals surface area contributed by atoms with Crippen LogP contribution < -0.4 is 9.47 Å². The van der Waals surface area contributed by atoms with Gasteiger partial charge in [0, 0.05) is 9.30 Å². The van der Waals surface area contributed by atoms with Gasteiger partial charge in [-0.15, -0.1) is 0 Å². The van der Waals surface area contributed by atoms with Crippen LogP contribution >= 0.6 is 31.9 Å². The lowest BCUT2D eigenvalue weighted by atomic mass is 10.0. The van der Waals surface area contributed by atoms with Crippen molar-refractivity contribution in [3.8, 4) is 11.5 Å². The Kier molecular flexibility index (Phi) is 5.80. The molecule has 0 aliphatic heterocycles. The molecule has 0 N–H and O–H groups in total. The normalized spacial score (nSPS) is 12.6. The van der Waals surface area contributed by atoms with E-state index in [1.807, 2.05) is 12.1 Å². The Morgan fingerprint density at radius 3 is 2.12 bits per heavy atom. The van der Waals surface area contributed by atoms with Gasteiger partial charge in [-0.1, -0.05) is 45.7 Å². The molecule has 0 saturated carbocycles. The maximum absolute atomic E-state index is 5.32. The molecule has 2 nitrogen and oxygen atoms in total. The molecule has 0 bridgehead atoms. The van der Waals surface area contributed by atoms with Crippen molar-refractivity contribution in [2.75, 3.05) is 14.2 Å². The maximum atomic E-state index is 5.32. The average Bonchev–Trinajstić information content (AvgIpc) is 2.27. The van der Waals surface area contributed by atoms with E-state index in [4.69, 9.17) is 9.47 Å². The number of methoxy groups -OCH3 is 2. The van der Waals surface area contributed by atoms with Crippen molar-refractivity contribution in [3.63, 3.8) is 0 Å². The fourth-order valence-electron chi connectivity index (χ4n) is 1.65. The molecule has 1 rings (SSSR count). The third-order valence-corrected chi connectivity index (χ3v) is 4.07. The molecule has 0 saturated heterocycles. The zero-order valence-corrected chi connectivity index (χ0v) is 13.8. The molecule has 0 spiro atoms. The summed E-state index contributed by atoms with van der Waals surface area (Å²) in [5.41, 5.74) is 1.19. The number of alkyl halides is 1. The van der Waals surface area contributed by atoms with E-state index in [-0.39, 0.29) is 0 Å². The van der Waals surface area contributed by atoms with Gasteiger partial charge in [-0.05, 0) is 30.0 Å². The van der Waals surface area contributed by atoms with Gasteiger partial charge in [0.25, 0.3) is 0 Å². The standard InChI is InChI=1S/C13H18Br2O2/c1-8(2)5-10(14)9-6-12(16-3)13(17-4)7-11(9)15/h6-8,10H,5H2,1-4H3. The largest absolute Gasteiger partial charge is 0.493 e. The van der Waals surface area contributed by atoms with Crippen molar-refractivity contribution in [1.82, 2.24) is 0 Å². The lowest BCUT2D eigenvalue weighted by Crippen LogP contribution is -1.99. The number of rotatable bonds is 5. The van der Waals surface area contributed by atoms with Crippen LogP contribution in [0.2, 0.25) is 0 Å². The first-order chi connectivity index (χ1) is 7.99. The van der Waals surface area contributed by atoms with Crippen LogP contribution in [0.5, 0.6) is 11.5 Å². The number of hydrogen-bond acceptors (Lipinski definition) is 2. The van der Waals surface area contributed by atoms with Gasteiger partial charge < -0.3 is 9.47 Å². The third kappa shape index (κ3) is 3.88. The molecule has 0 heterocycles. The van der Waals surface area contributed by atoms with Crippen molar-refractivity contribution in [1.29, 1.82) is 0 Å². The molecule has 96 valence electrons. The fourth-order valence-corrected chi connectivity index (χ4v) is 3.68. The van der Waals surface area contributed by atoms with Crippen molar-refractivity contribution in [2.45, 2.75) is 25.1 Å². The Hall–Kier alpha value is -0.220. The van der Waals surface area contributed by atoms with Crippen LogP contribution in [0.3, 0.4) is 0 Å². The summed E-state index contributed by atoms with van der Waals surface area (Å²) in [4.78, 5) is 0.316. The molecule has 0 aromatic heterocycles. The Bertz CT molecular complexity index is 378. The topological polar surface area (TPSA) is 18.5 Å². The van der Waals surface area contributed by atoms with Crippen molar-refractivity contribution in [3.05, 3.63) is 22.2 Å². The minimum atomic E-state index is 0.316. The van der Waals surface area contributed by atoms with Gasteiger partial charge in [-0.3, -0.25) is 0 Å². The second-order valence-corrected chi connectivity index (χ2v) is 6.29. The number of hydrogen-bond donors (Lipinski definition) is 0. The number of halogens is 2. The summed E-state index contributed by atoms with van der Waals surface area (Å²) < 4.78 is 11.6.